The van der Waals surface area contributed by atoms with E-state index < -0.39 is 0 Å². The number of urea groups is 1. The van der Waals surface area contributed by atoms with Crippen molar-refractivity contribution in [1.82, 2.24) is 19.9 Å². The van der Waals surface area contributed by atoms with Crippen LogP contribution in [0.15, 0.2) is 53.1 Å². The lowest BCUT2D eigenvalue weighted by molar-refractivity contribution is 0.140. The molecule has 8 heteroatoms. The highest BCUT2D eigenvalue weighted by molar-refractivity contribution is 5.89. The number of hydrogen-bond acceptors (Lipinski definition) is 6. The number of rotatable bonds is 6. The molecule has 3 aromatic rings. The lowest BCUT2D eigenvalue weighted by atomic mass is 10.0. The van der Waals surface area contributed by atoms with Crippen LogP contribution >= 0.6 is 0 Å². The minimum atomic E-state index is -0.0664. The first-order chi connectivity index (χ1) is 15.5. The molecule has 0 aliphatic carbocycles. The van der Waals surface area contributed by atoms with E-state index in [1.54, 1.807) is 7.11 Å². The highest BCUT2D eigenvalue weighted by atomic mass is 16.5. The molecule has 0 radical (unpaired) electrons. The molecule has 1 aliphatic heterocycles. The normalized spacial score (nSPS) is 14.6. The summed E-state index contributed by atoms with van der Waals surface area (Å²) in [6, 6.07) is 15.5. The summed E-state index contributed by atoms with van der Waals surface area (Å²) in [7, 11) is 1.63. The highest BCUT2D eigenvalue weighted by Crippen LogP contribution is 2.21. The maximum atomic E-state index is 12.6. The van der Waals surface area contributed by atoms with E-state index in [1.165, 1.54) is 5.56 Å². The van der Waals surface area contributed by atoms with Gasteiger partial charge in [-0.2, -0.15) is 4.98 Å². The maximum Gasteiger partial charge on any atom is 0.321 e. The second-order valence-corrected chi connectivity index (χ2v) is 8.21. The number of carbonyl (C=O) groups excluding carboxylic acids is 1. The summed E-state index contributed by atoms with van der Waals surface area (Å²) in [6.45, 7) is 7.71. The Balaban J connectivity index is 1.26. The zero-order valence-electron chi connectivity index (χ0n) is 18.7. The van der Waals surface area contributed by atoms with Crippen LogP contribution in [0.1, 0.15) is 31.2 Å². The predicted molar refractivity (Wildman–Crippen MR) is 123 cm³/mol. The van der Waals surface area contributed by atoms with Crippen LogP contribution in [0.2, 0.25) is 0 Å². The summed E-state index contributed by atoms with van der Waals surface area (Å²) in [5.74, 6) is 2.38. The number of nitrogens with zero attached hydrogens (tertiary/aromatic N) is 4. The summed E-state index contributed by atoms with van der Waals surface area (Å²) in [5.41, 5.74) is 2.93. The first-order valence-electron chi connectivity index (χ1n) is 10.9. The van der Waals surface area contributed by atoms with E-state index >= 15 is 0 Å². The molecule has 0 bridgehead atoms. The van der Waals surface area contributed by atoms with Gasteiger partial charge in [0, 0.05) is 37.4 Å². The van der Waals surface area contributed by atoms with E-state index in [0.717, 1.165) is 30.1 Å². The fraction of sp³-hybridized carbons (Fsp3) is 0.375. The number of ether oxygens (including phenoxy) is 1. The van der Waals surface area contributed by atoms with Crippen molar-refractivity contribution in [1.29, 1.82) is 0 Å². The van der Waals surface area contributed by atoms with E-state index in [4.69, 9.17) is 9.26 Å². The SMILES string of the molecule is COc1ccc(-c2nc(CN3CCN(C(=O)Nc4ccc(C(C)C)cc4)CC3)no2)cc1. The van der Waals surface area contributed by atoms with Crippen LogP contribution < -0.4 is 10.1 Å². The molecule has 2 amide bonds. The van der Waals surface area contributed by atoms with Gasteiger partial charge < -0.3 is 19.5 Å². The second-order valence-electron chi connectivity index (χ2n) is 8.21. The fourth-order valence-corrected chi connectivity index (χ4v) is 3.63. The summed E-state index contributed by atoms with van der Waals surface area (Å²) in [6.07, 6.45) is 0. The van der Waals surface area contributed by atoms with E-state index in [1.807, 2.05) is 41.3 Å². The molecule has 0 spiro atoms. The number of hydrogen-bond donors (Lipinski definition) is 1. The summed E-state index contributed by atoms with van der Waals surface area (Å²) >= 11 is 0. The Morgan fingerprint density at radius 3 is 2.38 bits per heavy atom. The summed E-state index contributed by atoms with van der Waals surface area (Å²) in [4.78, 5) is 21.2. The molecule has 0 unspecified atom stereocenters. The largest absolute Gasteiger partial charge is 0.497 e. The van der Waals surface area contributed by atoms with E-state index in [9.17, 15) is 4.79 Å². The Morgan fingerprint density at radius 1 is 1.06 bits per heavy atom. The lowest BCUT2D eigenvalue weighted by Crippen LogP contribution is -2.49. The molecular weight excluding hydrogens is 406 g/mol. The van der Waals surface area contributed by atoms with E-state index in [2.05, 4.69) is 46.3 Å². The van der Waals surface area contributed by atoms with Crippen molar-refractivity contribution in [2.45, 2.75) is 26.3 Å². The Bertz CT molecular complexity index is 1020. The molecule has 2 heterocycles. The van der Waals surface area contributed by atoms with Crippen LogP contribution in [0.5, 0.6) is 5.75 Å². The zero-order chi connectivity index (χ0) is 22.5. The second kappa shape index (κ2) is 9.82. The molecule has 1 aromatic heterocycles. The van der Waals surface area contributed by atoms with Crippen LogP contribution in [0, 0.1) is 0 Å². The monoisotopic (exact) mass is 435 g/mol. The number of amides is 2. The smallest absolute Gasteiger partial charge is 0.321 e. The minimum absolute atomic E-state index is 0.0664. The van der Waals surface area contributed by atoms with Gasteiger partial charge in [-0.15, -0.1) is 0 Å². The van der Waals surface area contributed by atoms with Crippen LogP contribution in [0.3, 0.4) is 0 Å². The van der Waals surface area contributed by atoms with Crippen molar-refractivity contribution < 1.29 is 14.1 Å². The number of methoxy groups -OCH3 is 1. The number of benzene rings is 2. The minimum Gasteiger partial charge on any atom is -0.497 e. The van der Waals surface area contributed by atoms with Crippen molar-refractivity contribution in [3.05, 3.63) is 59.9 Å². The van der Waals surface area contributed by atoms with Gasteiger partial charge in [-0.05, 0) is 47.9 Å². The van der Waals surface area contributed by atoms with Crippen LogP contribution in [0.4, 0.5) is 10.5 Å². The Morgan fingerprint density at radius 2 is 1.75 bits per heavy atom. The van der Waals surface area contributed by atoms with Crippen LogP contribution in [0.25, 0.3) is 11.5 Å². The first kappa shape index (κ1) is 21.8. The standard InChI is InChI=1S/C24H29N5O3/c1-17(2)18-4-8-20(9-5-18)25-24(30)29-14-12-28(13-15-29)16-22-26-23(32-27-22)19-6-10-21(31-3)11-7-19/h4-11,17H,12-16H2,1-3H3,(H,25,30). The number of piperazine rings is 1. The van der Waals surface area contributed by atoms with E-state index in [0.29, 0.717) is 37.3 Å². The van der Waals surface area contributed by atoms with Crippen LogP contribution in [-0.4, -0.2) is 59.3 Å². The van der Waals surface area contributed by atoms with Crippen molar-refractivity contribution in [2.75, 3.05) is 38.6 Å². The molecule has 1 aliphatic rings. The average Bonchev–Trinajstić information content (AvgIpc) is 3.28. The topological polar surface area (TPSA) is 83.7 Å². The van der Waals surface area contributed by atoms with Gasteiger partial charge in [0.05, 0.1) is 13.7 Å². The molecular formula is C24H29N5O3. The van der Waals surface area contributed by atoms with Crippen molar-refractivity contribution in [3.8, 4) is 17.2 Å². The molecule has 0 atom stereocenters. The highest BCUT2D eigenvalue weighted by Gasteiger charge is 2.22. The van der Waals surface area contributed by atoms with Gasteiger partial charge in [0.2, 0.25) is 0 Å². The Hall–Kier alpha value is -3.39. The van der Waals surface area contributed by atoms with Crippen LogP contribution in [-0.2, 0) is 6.54 Å². The third-order valence-electron chi connectivity index (χ3n) is 5.66. The maximum absolute atomic E-state index is 12.6. The molecule has 168 valence electrons. The molecule has 8 nitrogen and oxygen atoms in total. The molecule has 2 aromatic carbocycles. The lowest BCUT2D eigenvalue weighted by Gasteiger charge is -2.34. The molecule has 0 saturated carbocycles. The predicted octanol–water partition coefficient (Wildman–Crippen LogP) is 4.22. The summed E-state index contributed by atoms with van der Waals surface area (Å²) < 4.78 is 10.6. The van der Waals surface area contributed by atoms with Crippen molar-refractivity contribution >= 4 is 11.7 Å². The number of nitrogens with one attached hydrogen (secondary N) is 1. The van der Waals surface area contributed by atoms with Crippen molar-refractivity contribution in [2.24, 2.45) is 0 Å². The van der Waals surface area contributed by atoms with Gasteiger partial charge in [-0.3, -0.25) is 4.90 Å². The van der Waals surface area contributed by atoms with Gasteiger partial charge in [0.1, 0.15) is 5.75 Å². The number of anilines is 1. The number of carbonyl (C=O) groups is 1. The molecule has 1 fully saturated rings. The van der Waals surface area contributed by atoms with Gasteiger partial charge in [0.25, 0.3) is 5.89 Å². The third-order valence-corrected chi connectivity index (χ3v) is 5.66. The zero-order valence-corrected chi connectivity index (χ0v) is 18.7. The molecule has 32 heavy (non-hydrogen) atoms. The quantitative estimate of drug-likeness (QED) is 0.624. The Kier molecular flexibility index (Phi) is 6.70. The van der Waals surface area contributed by atoms with Gasteiger partial charge in [-0.25, -0.2) is 4.79 Å². The van der Waals surface area contributed by atoms with Gasteiger partial charge in [-0.1, -0.05) is 31.1 Å². The fourth-order valence-electron chi connectivity index (χ4n) is 3.63. The van der Waals surface area contributed by atoms with Gasteiger partial charge >= 0.3 is 6.03 Å². The third kappa shape index (κ3) is 5.26. The molecule has 1 saturated heterocycles. The van der Waals surface area contributed by atoms with Gasteiger partial charge in [0.15, 0.2) is 5.82 Å². The van der Waals surface area contributed by atoms with Crippen molar-refractivity contribution in [3.63, 3.8) is 0 Å². The Labute approximate surface area is 188 Å². The average molecular weight is 436 g/mol. The van der Waals surface area contributed by atoms with E-state index in [-0.39, 0.29) is 6.03 Å². The molecule has 4 rings (SSSR count). The molecule has 1 N–H and O–H groups in total. The first-order valence-corrected chi connectivity index (χ1v) is 10.9. The summed E-state index contributed by atoms with van der Waals surface area (Å²) in [5, 5.41) is 7.10. The number of aromatic nitrogens is 2.